The number of carbonyl (C=O) groups excluding carboxylic acids is 1. The van der Waals surface area contributed by atoms with Crippen LogP contribution in [0.15, 0.2) is 0 Å². The SMILES string of the molecule is CC(=O)N1CCC(CN2CCN(C(C)C)CC2C)CC1. The zero-order valence-electron chi connectivity index (χ0n) is 13.6. The number of rotatable bonds is 3. The van der Waals surface area contributed by atoms with Gasteiger partial charge in [-0.2, -0.15) is 0 Å². The molecule has 0 aromatic rings. The highest BCUT2D eigenvalue weighted by atomic mass is 16.2. The summed E-state index contributed by atoms with van der Waals surface area (Å²) in [5, 5.41) is 0. The number of piperazine rings is 1. The van der Waals surface area contributed by atoms with Gasteiger partial charge in [0.2, 0.25) is 5.91 Å². The summed E-state index contributed by atoms with van der Waals surface area (Å²) in [7, 11) is 0. The van der Waals surface area contributed by atoms with Gasteiger partial charge in [0.1, 0.15) is 0 Å². The molecular formula is C16H31N3O. The minimum atomic E-state index is 0.238. The summed E-state index contributed by atoms with van der Waals surface area (Å²) in [5.41, 5.74) is 0. The fourth-order valence-corrected chi connectivity index (χ4v) is 3.53. The van der Waals surface area contributed by atoms with Gasteiger partial charge >= 0.3 is 0 Å². The Hall–Kier alpha value is -0.610. The van der Waals surface area contributed by atoms with E-state index in [1.807, 2.05) is 4.90 Å². The Morgan fingerprint density at radius 1 is 1.15 bits per heavy atom. The van der Waals surface area contributed by atoms with E-state index in [1.165, 1.54) is 39.0 Å². The third-order valence-electron chi connectivity index (χ3n) is 5.08. The van der Waals surface area contributed by atoms with E-state index in [0.717, 1.165) is 19.0 Å². The second-order valence-corrected chi connectivity index (χ2v) is 6.88. The molecule has 1 atom stereocenters. The summed E-state index contributed by atoms with van der Waals surface area (Å²) in [6.45, 7) is 15.4. The first kappa shape index (κ1) is 15.8. The van der Waals surface area contributed by atoms with Crippen molar-refractivity contribution >= 4 is 5.91 Å². The maximum Gasteiger partial charge on any atom is 0.219 e. The van der Waals surface area contributed by atoms with E-state index in [1.54, 1.807) is 6.92 Å². The summed E-state index contributed by atoms with van der Waals surface area (Å²) in [6.07, 6.45) is 2.35. The number of likely N-dealkylation sites (tertiary alicyclic amines) is 1. The van der Waals surface area contributed by atoms with Crippen molar-refractivity contribution in [2.75, 3.05) is 39.3 Å². The minimum Gasteiger partial charge on any atom is -0.343 e. The maximum absolute atomic E-state index is 11.4. The molecule has 0 aromatic heterocycles. The van der Waals surface area contributed by atoms with Crippen molar-refractivity contribution in [2.24, 2.45) is 5.92 Å². The molecule has 4 nitrogen and oxygen atoms in total. The highest BCUT2D eigenvalue weighted by Gasteiger charge is 2.28. The van der Waals surface area contributed by atoms with Crippen molar-refractivity contribution < 1.29 is 4.79 Å². The second-order valence-electron chi connectivity index (χ2n) is 6.88. The molecule has 4 heteroatoms. The number of hydrogen-bond acceptors (Lipinski definition) is 3. The van der Waals surface area contributed by atoms with Crippen molar-refractivity contribution in [3.05, 3.63) is 0 Å². The van der Waals surface area contributed by atoms with Crippen LogP contribution in [-0.4, -0.2) is 72.0 Å². The number of hydrogen-bond donors (Lipinski definition) is 0. The standard InChI is InChI=1S/C16H31N3O/c1-13(2)18-9-10-19(14(3)11-18)12-16-5-7-17(8-6-16)15(4)20/h13-14,16H,5-12H2,1-4H3. The molecule has 0 aliphatic carbocycles. The third-order valence-corrected chi connectivity index (χ3v) is 5.08. The predicted octanol–water partition coefficient (Wildman–Crippen LogP) is 1.66. The molecular weight excluding hydrogens is 250 g/mol. The van der Waals surface area contributed by atoms with Gasteiger partial charge in [0.25, 0.3) is 0 Å². The molecule has 2 aliphatic rings. The van der Waals surface area contributed by atoms with Crippen molar-refractivity contribution in [1.82, 2.24) is 14.7 Å². The van der Waals surface area contributed by atoms with E-state index in [2.05, 4.69) is 30.6 Å². The summed E-state index contributed by atoms with van der Waals surface area (Å²) in [5.74, 6) is 1.01. The van der Waals surface area contributed by atoms with Gasteiger partial charge < -0.3 is 4.90 Å². The molecule has 0 N–H and O–H groups in total. The molecule has 0 bridgehead atoms. The lowest BCUT2D eigenvalue weighted by atomic mass is 9.95. The van der Waals surface area contributed by atoms with Gasteiger partial charge in [-0.05, 0) is 39.5 Å². The first-order chi connectivity index (χ1) is 9.47. The lowest BCUT2D eigenvalue weighted by molar-refractivity contribution is -0.130. The van der Waals surface area contributed by atoms with Gasteiger partial charge in [0, 0.05) is 58.3 Å². The fourth-order valence-electron chi connectivity index (χ4n) is 3.53. The summed E-state index contributed by atoms with van der Waals surface area (Å²) >= 11 is 0. The van der Waals surface area contributed by atoms with Crippen LogP contribution in [0, 0.1) is 5.92 Å². The number of amides is 1. The summed E-state index contributed by atoms with van der Waals surface area (Å²) in [4.78, 5) is 18.6. The van der Waals surface area contributed by atoms with E-state index in [-0.39, 0.29) is 5.91 Å². The van der Waals surface area contributed by atoms with Crippen LogP contribution in [-0.2, 0) is 4.79 Å². The predicted molar refractivity (Wildman–Crippen MR) is 82.7 cm³/mol. The molecule has 2 fully saturated rings. The number of piperidine rings is 1. The lowest BCUT2D eigenvalue weighted by Crippen LogP contribution is -2.55. The molecule has 2 saturated heterocycles. The molecule has 1 unspecified atom stereocenters. The van der Waals surface area contributed by atoms with Gasteiger partial charge in [-0.25, -0.2) is 0 Å². The van der Waals surface area contributed by atoms with Crippen LogP contribution in [0.1, 0.15) is 40.5 Å². The molecule has 2 rings (SSSR count). The Labute approximate surface area is 124 Å². The lowest BCUT2D eigenvalue weighted by Gasteiger charge is -2.44. The molecule has 0 radical (unpaired) electrons. The fraction of sp³-hybridized carbons (Fsp3) is 0.938. The second kappa shape index (κ2) is 6.90. The van der Waals surface area contributed by atoms with Gasteiger partial charge in [-0.15, -0.1) is 0 Å². The highest BCUT2D eigenvalue weighted by Crippen LogP contribution is 2.21. The Morgan fingerprint density at radius 3 is 2.30 bits per heavy atom. The van der Waals surface area contributed by atoms with Gasteiger partial charge in [-0.3, -0.25) is 14.6 Å². The van der Waals surface area contributed by atoms with Crippen LogP contribution in [0.4, 0.5) is 0 Å². The quantitative estimate of drug-likeness (QED) is 0.787. The van der Waals surface area contributed by atoms with Gasteiger partial charge in [0.05, 0.1) is 0 Å². The molecule has 1 amide bonds. The molecule has 116 valence electrons. The maximum atomic E-state index is 11.4. The van der Waals surface area contributed by atoms with Gasteiger partial charge in [-0.1, -0.05) is 0 Å². The highest BCUT2D eigenvalue weighted by molar-refractivity contribution is 5.73. The summed E-state index contributed by atoms with van der Waals surface area (Å²) in [6, 6.07) is 1.33. The van der Waals surface area contributed by atoms with Gasteiger partial charge in [0.15, 0.2) is 0 Å². The monoisotopic (exact) mass is 281 g/mol. The minimum absolute atomic E-state index is 0.238. The largest absolute Gasteiger partial charge is 0.343 e. The first-order valence-electron chi connectivity index (χ1n) is 8.21. The Balaban J connectivity index is 1.76. The molecule has 2 aliphatic heterocycles. The normalized spacial score (nSPS) is 27.2. The first-order valence-corrected chi connectivity index (χ1v) is 8.21. The third kappa shape index (κ3) is 3.95. The van der Waals surface area contributed by atoms with E-state index < -0.39 is 0 Å². The summed E-state index contributed by atoms with van der Waals surface area (Å²) < 4.78 is 0. The Morgan fingerprint density at radius 2 is 1.80 bits per heavy atom. The van der Waals surface area contributed by atoms with E-state index in [4.69, 9.17) is 0 Å². The zero-order chi connectivity index (χ0) is 14.7. The van der Waals surface area contributed by atoms with E-state index in [0.29, 0.717) is 12.1 Å². The molecule has 2 heterocycles. The molecule has 0 aromatic carbocycles. The Kier molecular flexibility index (Phi) is 5.44. The van der Waals surface area contributed by atoms with Crippen molar-refractivity contribution in [1.29, 1.82) is 0 Å². The average molecular weight is 281 g/mol. The van der Waals surface area contributed by atoms with E-state index in [9.17, 15) is 4.79 Å². The Bertz CT molecular complexity index is 324. The van der Waals surface area contributed by atoms with Crippen molar-refractivity contribution in [3.63, 3.8) is 0 Å². The number of nitrogens with zero attached hydrogens (tertiary/aromatic N) is 3. The smallest absolute Gasteiger partial charge is 0.219 e. The molecule has 20 heavy (non-hydrogen) atoms. The average Bonchev–Trinajstić information content (AvgIpc) is 2.41. The molecule has 0 spiro atoms. The van der Waals surface area contributed by atoms with Crippen LogP contribution < -0.4 is 0 Å². The van der Waals surface area contributed by atoms with Crippen LogP contribution in [0.5, 0.6) is 0 Å². The topological polar surface area (TPSA) is 26.8 Å². The van der Waals surface area contributed by atoms with Crippen LogP contribution >= 0.6 is 0 Å². The van der Waals surface area contributed by atoms with Crippen molar-refractivity contribution in [3.8, 4) is 0 Å². The zero-order valence-corrected chi connectivity index (χ0v) is 13.6. The van der Waals surface area contributed by atoms with Crippen LogP contribution in [0.3, 0.4) is 0 Å². The molecule has 0 saturated carbocycles. The van der Waals surface area contributed by atoms with Crippen LogP contribution in [0.2, 0.25) is 0 Å². The van der Waals surface area contributed by atoms with E-state index >= 15 is 0 Å². The van der Waals surface area contributed by atoms with Crippen molar-refractivity contribution in [2.45, 2.75) is 52.6 Å². The number of carbonyl (C=O) groups is 1. The van der Waals surface area contributed by atoms with Crippen LogP contribution in [0.25, 0.3) is 0 Å².